The summed E-state index contributed by atoms with van der Waals surface area (Å²) in [6, 6.07) is 7.22. The van der Waals surface area contributed by atoms with Gasteiger partial charge in [-0.05, 0) is 44.5 Å². The predicted octanol–water partition coefficient (Wildman–Crippen LogP) is 2.84. The summed E-state index contributed by atoms with van der Waals surface area (Å²) >= 11 is 0. The molecule has 1 amide bonds. The second-order valence-electron chi connectivity index (χ2n) is 4.20. The van der Waals surface area contributed by atoms with Crippen molar-refractivity contribution in [1.82, 2.24) is 0 Å². The fourth-order valence-electron chi connectivity index (χ4n) is 1.58. The van der Waals surface area contributed by atoms with Crippen molar-refractivity contribution in [3.63, 3.8) is 0 Å². The van der Waals surface area contributed by atoms with Gasteiger partial charge in [-0.25, -0.2) is 0 Å². The number of methoxy groups -OCH3 is 1. The van der Waals surface area contributed by atoms with Crippen molar-refractivity contribution in [3.8, 4) is 5.75 Å². The number of hydrogen-bond acceptors (Lipinski definition) is 3. The van der Waals surface area contributed by atoms with Gasteiger partial charge in [-0.1, -0.05) is 6.92 Å². The van der Waals surface area contributed by atoms with Gasteiger partial charge in [0.2, 0.25) is 0 Å². The second kappa shape index (κ2) is 6.40. The first-order valence-corrected chi connectivity index (χ1v) is 6.15. The Bertz CT molecular complexity index is 389. The van der Waals surface area contributed by atoms with Crippen molar-refractivity contribution in [2.75, 3.05) is 19.0 Å². The molecule has 0 aliphatic heterocycles. The normalized spacial score (nSPS) is 13.8. The highest BCUT2D eigenvalue weighted by Gasteiger charge is 2.31. The topological polar surface area (TPSA) is 47.6 Å². The molecule has 1 atom stereocenters. The van der Waals surface area contributed by atoms with Gasteiger partial charge in [0.15, 0.2) is 0 Å². The number of ether oxygens (including phenoxy) is 2. The minimum Gasteiger partial charge on any atom is -0.497 e. The summed E-state index contributed by atoms with van der Waals surface area (Å²) in [5.41, 5.74) is -0.0468. The van der Waals surface area contributed by atoms with Crippen molar-refractivity contribution < 1.29 is 14.3 Å². The molecule has 100 valence electrons. The van der Waals surface area contributed by atoms with E-state index in [1.165, 1.54) is 0 Å². The van der Waals surface area contributed by atoms with Gasteiger partial charge in [0, 0.05) is 12.3 Å². The van der Waals surface area contributed by atoms with Crippen LogP contribution in [-0.2, 0) is 9.53 Å². The fraction of sp³-hybridized carbons (Fsp3) is 0.500. The summed E-state index contributed by atoms with van der Waals surface area (Å²) < 4.78 is 10.6. The molecule has 0 unspecified atom stereocenters. The minimum absolute atomic E-state index is 0.128. The third-order valence-corrected chi connectivity index (χ3v) is 2.97. The molecule has 0 radical (unpaired) electrons. The summed E-state index contributed by atoms with van der Waals surface area (Å²) in [6.07, 6.45) is 0.628. The Kier molecular flexibility index (Phi) is 5.16. The summed E-state index contributed by atoms with van der Waals surface area (Å²) in [5, 5.41) is 2.85. The Hall–Kier alpha value is -1.55. The molecule has 0 aliphatic rings. The molecule has 1 N–H and O–H groups in total. The lowest BCUT2D eigenvalue weighted by molar-refractivity contribution is -0.139. The van der Waals surface area contributed by atoms with E-state index in [9.17, 15) is 4.79 Å². The van der Waals surface area contributed by atoms with Gasteiger partial charge < -0.3 is 14.8 Å². The van der Waals surface area contributed by atoms with Crippen LogP contribution in [0.15, 0.2) is 24.3 Å². The Balaban J connectivity index is 2.73. The highest BCUT2D eigenvalue weighted by atomic mass is 16.5. The zero-order chi connectivity index (χ0) is 13.6. The van der Waals surface area contributed by atoms with Crippen molar-refractivity contribution in [2.24, 2.45) is 0 Å². The van der Waals surface area contributed by atoms with Crippen LogP contribution in [0.4, 0.5) is 5.69 Å². The van der Waals surface area contributed by atoms with Gasteiger partial charge >= 0.3 is 0 Å². The molecule has 0 saturated heterocycles. The molecular formula is C14H21NO3. The Morgan fingerprint density at radius 2 is 1.89 bits per heavy atom. The Labute approximate surface area is 108 Å². The van der Waals surface area contributed by atoms with Crippen LogP contribution < -0.4 is 10.1 Å². The van der Waals surface area contributed by atoms with Crippen LogP contribution in [0.5, 0.6) is 5.75 Å². The maximum Gasteiger partial charge on any atom is 0.256 e. The first-order valence-electron chi connectivity index (χ1n) is 6.15. The van der Waals surface area contributed by atoms with E-state index in [1.807, 2.05) is 13.8 Å². The molecule has 0 aliphatic carbocycles. The lowest BCUT2D eigenvalue weighted by atomic mass is 10.0. The van der Waals surface area contributed by atoms with Crippen LogP contribution in [-0.4, -0.2) is 25.2 Å². The van der Waals surface area contributed by atoms with Crippen LogP contribution in [0, 0.1) is 0 Å². The summed E-state index contributed by atoms with van der Waals surface area (Å²) in [4.78, 5) is 12.1. The number of nitrogens with one attached hydrogen (secondary N) is 1. The first-order chi connectivity index (χ1) is 8.55. The average molecular weight is 251 g/mol. The molecule has 0 heterocycles. The molecule has 4 nitrogen and oxygen atoms in total. The van der Waals surface area contributed by atoms with Crippen LogP contribution in [0.1, 0.15) is 27.2 Å². The fourth-order valence-corrected chi connectivity index (χ4v) is 1.58. The molecule has 0 fully saturated rings. The number of amides is 1. The molecule has 1 aromatic carbocycles. The van der Waals surface area contributed by atoms with Crippen LogP contribution in [0.25, 0.3) is 0 Å². The van der Waals surface area contributed by atoms with Gasteiger partial charge in [-0.2, -0.15) is 0 Å². The lowest BCUT2D eigenvalue weighted by Crippen LogP contribution is -2.42. The van der Waals surface area contributed by atoms with Crippen molar-refractivity contribution >= 4 is 11.6 Å². The molecule has 1 rings (SSSR count). The van der Waals surface area contributed by atoms with E-state index in [-0.39, 0.29) is 5.91 Å². The molecule has 18 heavy (non-hydrogen) atoms. The monoisotopic (exact) mass is 251 g/mol. The molecule has 1 aromatic rings. The first kappa shape index (κ1) is 14.5. The zero-order valence-corrected chi connectivity index (χ0v) is 11.4. The van der Waals surface area contributed by atoms with E-state index in [2.05, 4.69) is 5.32 Å². The van der Waals surface area contributed by atoms with Crippen molar-refractivity contribution in [2.45, 2.75) is 32.8 Å². The Morgan fingerprint density at radius 1 is 1.28 bits per heavy atom. The summed E-state index contributed by atoms with van der Waals surface area (Å²) in [6.45, 7) is 6.13. The molecular weight excluding hydrogens is 230 g/mol. The van der Waals surface area contributed by atoms with Crippen LogP contribution in [0.2, 0.25) is 0 Å². The van der Waals surface area contributed by atoms with Gasteiger partial charge in [-0.15, -0.1) is 0 Å². The molecule has 0 bridgehead atoms. The quantitative estimate of drug-likeness (QED) is 0.845. The van der Waals surface area contributed by atoms with Gasteiger partial charge in [0.25, 0.3) is 5.91 Å². The van der Waals surface area contributed by atoms with Crippen molar-refractivity contribution in [1.29, 1.82) is 0 Å². The maximum absolute atomic E-state index is 12.1. The van der Waals surface area contributed by atoms with E-state index in [0.29, 0.717) is 13.0 Å². The maximum atomic E-state index is 12.1. The number of carbonyl (C=O) groups is 1. The molecule has 0 aromatic heterocycles. The number of hydrogen-bond donors (Lipinski definition) is 1. The highest BCUT2D eigenvalue weighted by molar-refractivity contribution is 5.97. The molecule has 4 heteroatoms. The van der Waals surface area contributed by atoms with Gasteiger partial charge in [0.05, 0.1) is 7.11 Å². The van der Waals surface area contributed by atoms with E-state index in [0.717, 1.165) is 11.4 Å². The average Bonchev–Trinajstić information content (AvgIpc) is 2.39. The van der Waals surface area contributed by atoms with Gasteiger partial charge in [-0.3, -0.25) is 4.79 Å². The van der Waals surface area contributed by atoms with E-state index < -0.39 is 5.60 Å². The standard InChI is InChI=1S/C14H21NO3/c1-5-14(3,18-6-2)13(16)15-11-7-9-12(17-4)10-8-11/h7-10H,5-6H2,1-4H3,(H,15,16)/t14-/m0/s1. The highest BCUT2D eigenvalue weighted by Crippen LogP contribution is 2.20. The van der Waals surface area contributed by atoms with Crippen molar-refractivity contribution in [3.05, 3.63) is 24.3 Å². The summed E-state index contributed by atoms with van der Waals surface area (Å²) in [7, 11) is 1.61. The zero-order valence-electron chi connectivity index (χ0n) is 11.4. The predicted molar refractivity (Wildman–Crippen MR) is 71.9 cm³/mol. The van der Waals surface area contributed by atoms with Gasteiger partial charge in [0.1, 0.15) is 11.4 Å². The largest absolute Gasteiger partial charge is 0.497 e. The van der Waals surface area contributed by atoms with E-state index in [4.69, 9.17) is 9.47 Å². The lowest BCUT2D eigenvalue weighted by Gasteiger charge is -2.26. The third kappa shape index (κ3) is 3.47. The van der Waals surface area contributed by atoms with Crippen LogP contribution >= 0.6 is 0 Å². The minimum atomic E-state index is -0.783. The summed E-state index contributed by atoms with van der Waals surface area (Å²) in [5.74, 6) is 0.632. The number of carbonyl (C=O) groups excluding carboxylic acids is 1. The Morgan fingerprint density at radius 3 is 2.33 bits per heavy atom. The number of benzene rings is 1. The number of anilines is 1. The third-order valence-electron chi connectivity index (χ3n) is 2.97. The van der Waals surface area contributed by atoms with Crippen LogP contribution in [0.3, 0.4) is 0 Å². The molecule has 0 spiro atoms. The van der Waals surface area contributed by atoms with E-state index >= 15 is 0 Å². The SMILES string of the molecule is CCO[C@@](C)(CC)C(=O)Nc1ccc(OC)cc1. The van der Waals surface area contributed by atoms with E-state index in [1.54, 1.807) is 38.3 Å². The second-order valence-corrected chi connectivity index (χ2v) is 4.20. The smallest absolute Gasteiger partial charge is 0.256 e. The molecule has 0 saturated carbocycles. The number of rotatable bonds is 6.